The molecule has 2 nitrogen and oxygen atoms in total. The molecular weight excluding hydrogens is 593 g/mol. The van der Waals surface area contributed by atoms with Crippen LogP contribution >= 0.6 is 0 Å². The van der Waals surface area contributed by atoms with E-state index in [4.69, 9.17) is 0 Å². The predicted octanol–water partition coefficient (Wildman–Crippen LogP) is 12.6. The Kier molecular flexibility index (Phi) is 6.47. The van der Waals surface area contributed by atoms with Crippen molar-refractivity contribution in [3.63, 3.8) is 0 Å². The number of benzene rings is 6. The lowest BCUT2D eigenvalue weighted by Crippen LogP contribution is -2.49. The Morgan fingerprint density at radius 2 is 1.18 bits per heavy atom. The fraction of sp³-hybridized carbons (Fsp3) is 0.234. The molecule has 0 radical (unpaired) electrons. The molecule has 0 aliphatic heterocycles. The van der Waals surface area contributed by atoms with Crippen molar-refractivity contribution < 1.29 is 0 Å². The quantitative estimate of drug-likeness (QED) is 0.187. The summed E-state index contributed by atoms with van der Waals surface area (Å²) in [6, 6.07) is 54.4. The van der Waals surface area contributed by atoms with Crippen molar-refractivity contribution in [1.29, 1.82) is 0 Å². The Morgan fingerprint density at radius 3 is 1.94 bits per heavy atom. The van der Waals surface area contributed by atoms with Crippen LogP contribution in [0.2, 0.25) is 0 Å². The van der Waals surface area contributed by atoms with Gasteiger partial charge in [-0.1, -0.05) is 105 Å². The van der Waals surface area contributed by atoms with Crippen LogP contribution in [0.25, 0.3) is 38.6 Å². The van der Waals surface area contributed by atoms with Gasteiger partial charge in [0.15, 0.2) is 0 Å². The summed E-state index contributed by atoms with van der Waals surface area (Å²) in [4.78, 5) is 2.50. The molecule has 10 rings (SSSR count). The molecule has 3 aliphatic rings. The van der Waals surface area contributed by atoms with E-state index in [1.54, 1.807) is 11.1 Å². The standard InChI is InChI=1S/C47H42N2/c1-31-27-33-29-32(2)47(34(28-31)30-33)41-18-9-6-17-40(41)46-42(47)19-12-22-45(46)48(35-13-4-3-5-14-35)36-23-25-37(26-24-36)49-43-20-10-7-15-38(43)39-16-8-11-21-44(39)49/h3-26,31-34H,27-30H2,1-2H3/t31-,32+,33-,34-,47?/m0/s1. The van der Waals surface area contributed by atoms with Crippen LogP contribution in [0.15, 0.2) is 146 Å². The second kappa shape index (κ2) is 11.0. The monoisotopic (exact) mass is 634 g/mol. The first-order valence-electron chi connectivity index (χ1n) is 18.3. The normalized spacial score (nSPS) is 23.9. The fourth-order valence-electron chi connectivity index (χ4n) is 10.9. The van der Waals surface area contributed by atoms with Crippen molar-refractivity contribution in [2.75, 3.05) is 4.90 Å². The highest BCUT2D eigenvalue weighted by molar-refractivity contribution is 6.09. The molecule has 1 unspecified atom stereocenters. The molecule has 5 atom stereocenters. The molecule has 240 valence electrons. The third-order valence-corrected chi connectivity index (χ3v) is 12.5. The van der Waals surface area contributed by atoms with Crippen molar-refractivity contribution in [1.82, 2.24) is 4.57 Å². The number of hydrogen-bond donors (Lipinski definition) is 0. The summed E-state index contributed by atoms with van der Waals surface area (Å²) < 4.78 is 2.41. The van der Waals surface area contributed by atoms with E-state index in [-0.39, 0.29) is 5.41 Å². The van der Waals surface area contributed by atoms with Crippen LogP contribution in [0.5, 0.6) is 0 Å². The van der Waals surface area contributed by atoms with Crippen molar-refractivity contribution in [2.45, 2.75) is 44.9 Å². The highest BCUT2D eigenvalue weighted by Crippen LogP contribution is 2.66. The molecule has 0 N–H and O–H groups in total. The van der Waals surface area contributed by atoms with E-state index in [1.807, 2.05) is 0 Å². The molecule has 2 heteroatoms. The van der Waals surface area contributed by atoms with Crippen LogP contribution in [0, 0.1) is 23.7 Å². The van der Waals surface area contributed by atoms with Gasteiger partial charge in [0.2, 0.25) is 0 Å². The first-order chi connectivity index (χ1) is 24.1. The molecule has 1 aromatic heterocycles. The first-order valence-corrected chi connectivity index (χ1v) is 18.3. The van der Waals surface area contributed by atoms with Crippen LogP contribution in [-0.2, 0) is 5.41 Å². The zero-order valence-electron chi connectivity index (χ0n) is 28.4. The lowest BCUT2D eigenvalue weighted by Gasteiger charge is -2.54. The third kappa shape index (κ3) is 4.13. The van der Waals surface area contributed by atoms with Gasteiger partial charge in [0.1, 0.15) is 0 Å². The Bertz CT molecular complexity index is 2290. The van der Waals surface area contributed by atoms with Gasteiger partial charge < -0.3 is 9.47 Å². The summed E-state index contributed by atoms with van der Waals surface area (Å²) in [6.07, 6.45) is 5.41. The molecule has 1 heterocycles. The number of para-hydroxylation sites is 3. The molecule has 2 bridgehead atoms. The van der Waals surface area contributed by atoms with E-state index < -0.39 is 0 Å². The van der Waals surface area contributed by atoms with E-state index in [0.717, 1.165) is 11.8 Å². The molecule has 2 fully saturated rings. The minimum Gasteiger partial charge on any atom is -0.310 e. The van der Waals surface area contributed by atoms with Gasteiger partial charge in [0.25, 0.3) is 0 Å². The maximum Gasteiger partial charge on any atom is 0.0543 e. The van der Waals surface area contributed by atoms with Crippen molar-refractivity contribution in [3.05, 3.63) is 157 Å². The van der Waals surface area contributed by atoms with Crippen LogP contribution in [0.3, 0.4) is 0 Å². The highest BCUT2D eigenvalue weighted by atomic mass is 15.1. The third-order valence-electron chi connectivity index (χ3n) is 12.5. The van der Waals surface area contributed by atoms with Gasteiger partial charge in [-0.25, -0.2) is 0 Å². The Hall–Kier alpha value is -5.08. The second-order valence-corrected chi connectivity index (χ2v) is 15.2. The van der Waals surface area contributed by atoms with Gasteiger partial charge in [0, 0.05) is 38.8 Å². The van der Waals surface area contributed by atoms with Gasteiger partial charge in [-0.05, 0) is 121 Å². The number of aromatic nitrogens is 1. The maximum atomic E-state index is 2.57. The summed E-state index contributed by atoms with van der Waals surface area (Å²) in [7, 11) is 0. The van der Waals surface area contributed by atoms with Gasteiger partial charge in [-0.2, -0.15) is 0 Å². The number of fused-ring (bicyclic) bond motifs is 11. The summed E-state index contributed by atoms with van der Waals surface area (Å²) in [5.74, 6) is 2.94. The summed E-state index contributed by atoms with van der Waals surface area (Å²) in [5.41, 5.74) is 13.3. The Balaban J connectivity index is 1.17. The van der Waals surface area contributed by atoms with E-state index >= 15 is 0 Å². The van der Waals surface area contributed by atoms with Gasteiger partial charge >= 0.3 is 0 Å². The molecule has 1 spiro atoms. The summed E-state index contributed by atoms with van der Waals surface area (Å²) in [6.45, 7) is 5.07. The number of nitrogens with zero attached hydrogens (tertiary/aromatic N) is 2. The fourth-order valence-corrected chi connectivity index (χ4v) is 10.9. The van der Waals surface area contributed by atoms with Crippen LogP contribution < -0.4 is 4.90 Å². The van der Waals surface area contributed by atoms with Crippen LogP contribution in [-0.4, -0.2) is 4.57 Å². The average molecular weight is 635 g/mol. The predicted molar refractivity (Wildman–Crippen MR) is 205 cm³/mol. The molecular formula is C47H42N2. The first kappa shape index (κ1) is 28.9. The van der Waals surface area contributed by atoms with Crippen molar-refractivity contribution in [3.8, 4) is 16.8 Å². The van der Waals surface area contributed by atoms with E-state index in [1.165, 1.54) is 81.4 Å². The van der Waals surface area contributed by atoms with Gasteiger partial charge in [-0.3, -0.25) is 0 Å². The van der Waals surface area contributed by atoms with E-state index in [2.05, 4.69) is 169 Å². The Labute approximate surface area is 289 Å². The van der Waals surface area contributed by atoms with Crippen molar-refractivity contribution in [2.24, 2.45) is 23.7 Å². The molecule has 3 aliphatic carbocycles. The Morgan fingerprint density at radius 1 is 0.551 bits per heavy atom. The van der Waals surface area contributed by atoms with Crippen molar-refractivity contribution >= 4 is 38.9 Å². The number of hydrogen-bond acceptors (Lipinski definition) is 1. The zero-order valence-corrected chi connectivity index (χ0v) is 28.4. The minimum atomic E-state index is 0.0653. The number of rotatable bonds is 4. The average Bonchev–Trinajstić information content (AvgIpc) is 3.63. The van der Waals surface area contributed by atoms with Crippen LogP contribution in [0.4, 0.5) is 17.1 Å². The highest BCUT2D eigenvalue weighted by Gasteiger charge is 2.57. The lowest BCUT2D eigenvalue weighted by molar-refractivity contribution is 0.0426. The number of anilines is 3. The SMILES string of the molecule is C[C@H]1C[C@@H]2C[C@H](C1)C1(c3ccccc3-c3c(N(c4ccccc4)c4ccc(-n5c6ccccc6c6ccccc65)cc4)cccc31)[C@H](C)C2. The topological polar surface area (TPSA) is 8.17 Å². The molecule has 7 aromatic rings. The summed E-state index contributed by atoms with van der Waals surface area (Å²) in [5, 5.41) is 2.58. The molecule has 6 aromatic carbocycles. The molecule has 49 heavy (non-hydrogen) atoms. The maximum absolute atomic E-state index is 2.57. The van der Waals surface area contributed by atoms with E-state index in [9.17, 15) is 0 Å². The van der Waals surface area contributed by atoms with Gasteiger partial charge in [-0.15, -0.1) is 0 Å². The van der Waals surface area contributed by atoms with Crippen LogP contribution in [0.1, 0.15) is 50.7 Å². The zero-order chi connectivity index (χ0) is 32.7. The smallest absolute Gasteiger partial charge is 0.0543 e. The second-order valence-electron chi connectivity index (χ2n) is 15.2. The lowest BCUT2D eigenvalue weighted by atomic mass is 9.49. The van der Waals surface area contributed by atoms with Gasteiger partial charge in [0.05, 0.1) is 16.7 Å². The summed E-state index contributed by atoms with van der Waals surface area (Å²) >= 11 is 0. The van der Waals surface area contributed by atoms with E-state index in [0.29, 0.717) is 11.8 Å². The molecule has 0 amide bonds. The largest absolute Gasteiger partial charge is 0.310 e. The molecule has 2 saturated carbocycles. The molecule has 0 saturated heterocycles. The minimum absolute atomic E-state index is 0.0653.